The van der Waals surface area contributed by atoms with Crippen LogP contribution in [0.1, 0.15) is 90.8 Å². The Balaban J connectivity index is 0.00000611. The number of hydrogen-bond acceptors (Lipinski definition) is 2. The number of nitrogens with zero attached hydrogens (tertiary/aromatic N) is 4. The molecule has 8 aromatic carbocycles. The number of para-hydroxylation sites is 4. The van der Waals surface area contributed by atoms with Crippen molar-refractivity contribution >= 4 is 32.8 Å². The Bertz CT molecular complexity index is 3740. The summed E-state index contributed by atoms with van der Waals surface area (Å²) < 4.78 is 13.3. The predicted octanol–water partition coefficient (Wildman–Crippen LogP) is 17.1. The standard InChI is InChI=1S/C67H60N4O.Pt/c1-9-45(10-2)58-42-64(68-43-59(58)47-25-15-12-16-26-47)71-60-32-18-17-29-56(60)57-36-35-53(41-63(57)71)72-52-28-21-27-51(40-52)69-44-70(62-34-20-19-33-61(62)69)65-54(46-23-13-11-14-24-46)30-22-31-55(65)48-37-49(66(3,4)5)39-50(38-48)67(6,7)8;/h11-39,42-43,45H,9-10H2,1-8H3;/q-2;. The number of rotatable bonds is 11. The predicted molar refractivity (Wildman–Crippen MR) is 297 cm³/mol. The summed E-state index contributed by atoms with van der Waals surface area (Å²) in [5, 5.41) is 2.22. The van der Waals surface area contributed by atoms with E-state index in [1.54, 1.807) is 0 Å². The van der Waals surface area contributed by atoms with E-state index in [0.717, 1.165) is 79.6 Å². The first-order valence-corrected chi connectivity index (χ1v) is 25.4. The average molecular weight is 1130 g/mol. The number of benzene rings is 8. The Labute approximate surface area is 445 Å². The van der Waals surface area contributed by atoms with Gasteiger partial charge >= 0.3 is 0 Å². The third-order valence-electron chi connectivity index (χ3n) is 14.3. The molecule has 3 aromatic heterocycles. The van der Waals surface area contributed by atoms with E-state index in [1.165, 1.54) is 33.4 Å². The Morgan fingerprint density at radius 2 is 1.14 bits per heavy atom. The molecular weight excluding hydrogens is 1070 g/mol. The average Bonchev–Trinajstić information content (AvgIpc) is 3.95. The van der Waals surface area contributed by atoms with E-state index < -0.39 is 0 Å². The van der Waals surface area contributed by atoms with E-state index in [2.05, 4.69) is 258 Å². The van der Waals surface area contributed by atoms with E-state index in [-0.39, 0.29) is 31.9 Å². The molecule has 0 N–H and O–H groups in total. The van der Waals surface area contributed by atoms with Gasteiger partial charge in [-0.05, 0) is 97.3 Å². The molecule has 73 heavy (non-hydrogen) atoms. The van der Waals surface area contributed by atoms with E-state index in [4.69, 9.17) is 9.72 Å². The molecule has 0 radical (unpaired) electrons. The molecule has 0 bridgehead atoms. The van der Waals surface area contributed by atoms with Gasteiger partial charge in [-0.25, -0.2) is 4.98 Å². The number of imidazole rings is 1. The zero-order valence-electron chi connectivity index (χ0n) is 42.9. The van der Waals surface area contributed by atoms with Crippen molar-refractivity contribution in [3.63, 3.8) is 0 Å². The summed E-state index contributed by atoms with van der Waals surface area (Å²) in [5.74, 6) is 2.41. The van der Waals surface area contributed by atoms with Crippen LogP contribution >= 0.6 is 0 Å². The third-order valence-corrected chi connectivity index (χ3v) is 14.3. The van der Waals surface area contributed by atoms with Crippen molar-refractivity contribution in [2.24, 2.45) is 0 Å². The first-order chi connectivity index (χ1) is 34.9. The van der Waals surface area contributed by atoms with Gasteiger partial charge in [-0.3, -0.25) is 4.57 Å². The summed E-state index contributed by atoms with van der Waals surface area (Å²) in [7, 11) is 0. The molecule has 6 heteroatoms. The van der Waals surface area contributed by atoms with Gasteiger partial charge in [0.25, 0.3) is 6.33 Å². The van der Waals surface area contributed by atoms with Crippen molar-refractivity contribution in [1.29, 1.82) is 0 Å². The minimum atomic E-state index is -0.0452. The second kappa shape index (κ2) is 19.9. The molecule has 0 fully saturated rings. The SMILES string of the molecule is CCC(CC)c1cc(-n2c3[c-]c(Oc4[c-]c(-n5[c-][n+](-c6c(-c7ccccc7)cccc6-c6cc(C(C)(C)C)cc(C(C)(C)C)c6)c6ccccc65)ccc4)ccc3c3ccccc32)ncc1-c1ccccc1.[Pt]. The maximum atomic E-state index is 6.76. The number of aromatic nitrogens is 4. The summed E-state index contributed by atoms with van der Waals surface area (Å²) in [4.78, 5) is 5.18. The van der Waals surface area contributed by atoms with Gasteiger partial charge in [0.1, 0.15) is 5.82 Å². The minimum absolute atomic E-state index is 0. The van der Waals surface area contributed by atoms with Crippen LogP contribution in [-0.2, 0) is 31.9 Å². The largest absolute Gasteiger partial charge is 0.510 e. The molecule has 5 nitrogen and oxygen atoms in total. The molecule has 11 rings (SSSR count). The van der Waals surface area contributed by atoms with E-state index in [9.17, 15) is 0 Å². The van der Waals surface area contributed by atoms with Crippen LogP contribution in [-0.4, -0.2) is 14.1 Å². The molecule has 0 saturated heterocycles. The van der Waals surface area contributed by atoms with Crippen LogP contribution in [0.15, 0.2) is 188 Å². The Morgan fingerprint density at radius 1 is 0.548 bits per heavy atom. The zero-order chi connectivity index (χ0) is 49.7. The molecule has 0 saturated carbocycles. The van der Waals surface area contributed by atoms with Gasteiger partial charge in [0.2, 0.25) is 0 Å². The number of pyridine rings is 1. The van der Waals surface area contributed by atoms with E-state index in [1.807, 2.05) is 18.2 Å². The molecule has 0 unspecified atom stereocenters. The van der Waals surface area contributed by atoms with Gasteiger partial charge in [0.05, 0.1) is 16.7 Å². The van der Waals surface area contributed by atoms with Gasteiger partial charge in [-0.2, -0.15) is 18.2 Å². The fourth-order valence-electron chi connectivity index (χ4n) is 10.3. The fraction of sp³-hybridized carbons (Fsp3) is 0.194. The summed E-state index contributed by atoms with van der Waals surface area (Å²) in [6.07, 6.45) is 7.98. The van der Waals surface area contributed by atoms with Crippen molar-refractivity contribution in [3.05, 3.63) is 223 Å². The molecule has 0 aliphatic heterocycles. The minimum Gasteiger partial charge on any atom is -0.510 e. The van der Waals surface area contributed by atoms with E-state index >= 15 is 0 Å². The van der Waals surface area contributed by atoms with Crippen LogP contribution in [0.4, 0.5) is 0 Å². The quantitative estimate of drug-likeness (QED) is 0.0956. The number of ether oxygens (including phenoxy) is 1. The summed E-state index contributed by atoms with van der Waals surface area (Å²) in [6, 6.07) is 72.1. The molecular formula is C67H60N4OPt-2. The van der Waals surface area contributed by atoms with Gasteiger partial charge < -0.3 is 13.9 Å². The molecule has 0 aliphatic carbocycles. The summed E-state index contributed by atoms with van der Waals surface area (Å²) >= 11 is 0. The molecule has 0 amide bonds. The normalized spacial score (nSPS) is 12.0. The van der Waals surface area contributed by atoms with Crippen molar-refractivity contribution in [2.75, 3.05) is 0 Å². The van der Waals surface area contributed by atoms with Crippen LogP contribution < -0.4 is 9.30 Å². The molecule has 3 heterocycles. The third kappa shape index (κ3) is 9.37. The van der Waals surface area contributed by atoms with Gasteiger partial charge in [-0.15, -0.1) is 29.7 Å². The molecule has 0 spiro atoms. The second-order valence-corrected chi connectivity index (χ2v) is 21.1. The Morgan fingerprint density at radius 3 is 1.81 bits per heavy atom. The fourth-order valence-corrected chi connectivity index (χ4v) is 10.3. The Hall–Kier alpha value is -7.33. The van der Waals surface area contributed by atoms with Gasteiger partial charge in [0.15, 0.2) is 0 Å². The number of fused-ring (bicyclic) bond motifs is 4. The van der Waals surface area contributed by atoms with Crippen LogP contribution in [0.25, 0.3) is 83.4 Å². The van der Waals surface area contributed by atoms with Crippen LogP contribution in [0, 0.1) is 18.5 Å². The smallest absolute Gasteiger partial charge is 0.268 e. The van der Waals surface area contributed by atoms with Crippen LogP contribution in [0.3, 0.4) is 0 Å². The van der Waals surface area contributed by atoms with Gasteiger partial charge in [-0.1, -0.05) is 200 Å². The first kappa shape index (κ1) is 49.3. The van der Waals surface area contributed by atoms with Crippen LogP contribution in [0.5, 0.6) is 11.5 Å². The Kier molecular flexibility index (Phi) is 13.5. The second-order valence-electron chi connectivity index (χ2n) is 21.1. The summed E-state index contributed by atoms with van der Waals surface area (Å²) in [5.41, 5.74) is 16.6. The van der Waals surface area contributed by atoms with Crippen molar-refractivity contribution in [3.8, 4) is 62.1 Å². The summed E-state index contributed by atoms with van der Waals surface area (Å²) in [6.45, 7) is 18.4. The van der Waals surface area contributed by atoms with Crippen molar-refractivity contribution in [2.45, 2.75) is 85.0 Å². The first-order valence-electron chi connectivity index (χ1n) is 25.4. The van der Waals surface area contributed by atoms with Crippen molar-refractivity contribution in [1.82, 2.24) is 14.1 Å². The van der Waals surface area contributed by atoms with Crippen molar-refractivity contribution < 1.29 is 30.4 Å². The monoisotopic (exact) mass is 1130 g/mol. The van der Waals surface area contributed by atoms with E-state index in [0.29, 0.717) is 17.4 Å². The maximum Gasteiger partial charge on any atom is 0.268 e. The van der Waals surface area contributed by atoms with Crippen LogP contribution in [0.2, 0.25) is 0 Å². The molecule has 0 aliphatic rings. The topological polar surface area (TPSA) is 35.9 Å². The maximum absolute atomic E-state index is 6.76. The zero-order valence-corrected chi connectivity index (χ0v) is 45.2. The molecule has 11 aromatic rings. The number of hydrogen-bond donors (Lipinski definition) is 0. The van der Waals surface area contributed by atoms with Gasteiger partial charge in [0, 0.05) is 49.8 Å². The molecule has 366 valence electrons. The molecule has 0 atom stereocenters.